The Kier molecular flexibility index (Phi) is 4.43. The molecule has 3 rings (SSSR count). The van der Waals surface area contributed by atoms with Crippen LogP contribution in [0, 0.1) is 0 Å². The van der Waals surface area contributed by atoms with E-state index in [2.05, 4.69) is 16.7 Å². The molecule has 0 bridgehead atoms. The minimum atomic E-state index is -0.0623. The number of amides is 1. The summed E-state index contributed by atoms with van der Waals surface area (Å²) in [5.41, 5.74) is 2.62. The Morgan fingerprint density at radius 2 is 1.95 bits per heavy atom. The van der Waals surface area contributed by atoms with Gasteiger partial charge in [0.15, 0.2) is 0 Å². The highest BCUT2D eigenvalue weighted by Crippen LogP contribution is 2.24. The minimum Gasteiger partial charge on any atom is -0.501 e. The van der Waals surface area contributed by atoms with Gasteiger partial charge in [0.05, 0.1) is 18.4 Å². The van der Waals surface area contributed by atoms with E-state index >= 15 is 0 Å². The fraction of sp³-hybridized carbons (Fsp3) is 0.471. The SMILES string of the molecule is O=C(Nc1cccc(NC2CCCC2)c1)C1=COCCC1. The molecule has 0 saturated heterocycles. The summed E-state index contributed by atoms with van der Waals surface area (Å²) in [5.74, 6) is -0.0623. The molecular formula is C17H22N2O2. The third kappa shape index (κ3) is 3.78. The van der Waals surface area contributed by atoms with Gasteiger partial charge >= 0.3 is 0 Å². The Morgan fingerprint density at radius 1 is 1.14 bits per heavy atom. The molecule has 4 nitrogen and oxygen atoms in total. The first-order valence-electron chi connectivity index (χ1n) is 7.80. The summed E-state index contributed by atoms with van der Waals surface area (Å²) in [6.07, 6.45) is 8.36. The van der Waals surface area contributed by atoms with Crippen molar-refractivity contribution < 1.29 is 9.53 Å². The van der Waals surface area contributed by atoms with Crippen molar-refractivity contribution in [3.8, 4) is 0 Å². The van der Waals surface area contributed by atoms with E-state index in [1.165, 1.54) is 25.7 Å². The Morgan fingerprint density at radius 3 is 2.71 bits per heavy atom. The summed E-state index contributed by atoms with van der Waals surface area (Å²) in [6.45, 7) is 0.706. The van der Waals surface area contributed by atoms with E-state index in [1.807, 2.05) is 18.2 Å². The molecule has 2 N–H and O–H groups in total. The normalized spacial score (nSPS) is 18.8. The number of benzene rings is 1. The smallest absolute Gasteiger partial charge is 0.254 e. The van der Waals surface area contributed by atoms with Crippen LogP contribution in [-0.2, 0) is 9.53 Å². The molecule has 0 atom stereocenters. The van der Waals surface area contributed by atoms with E-state index < -0.39 is 0 Å². The highest BCUT2D eigenvalue weighted by molar-refractivity contribution is 6.03. The third-order valence-corrected chi connectivity index (χ3v) is 4.07. The van der Waals surface area contributed by atoms with Crippen molar-refractivity contribution in [1.82, 2.24) is 0 Å². The van der Waals surface area contributed by atoms with Crippen molar-refractivity contribution in [3.05, 3.63) is 36.1 Å². The lowest BCUT2D eigenvalue weighted by atomic mass is 10.1. The maximum atomic E-state index is 12.1. The predicted molar refractivity (Wildman–Crippen MR) is 84.2 cm³/mol. The highest BCUT2D eigenvalue weighted by Gasteiger charge is 2.16. The molecule has 0 aromatic heterocycles. The van der Waals surface area contributed by atoms with Crippen molar-refractivity contribution in [2.75, 3.05) is 17.2 Å². The fourth-order valence-corrected chi connectivity index (χ4v) is 2.94. The maximum absolute atomic E-state index is 12.1. The second kappa shape index (κ2) is 6.66. The van der Waals surface area contributed by atoms with Crippen LogP contribution in [-0.4, -0.2) is 18.6 Å². The first kappa shape index (κ1) is 14.0. The van der Waals surface area contributed by atoms with Crippen molar-refractivity contribution in [2.45, 2.75) is 44.6 Å². The zero-order chi connectivity index (χ0) is 14.5. The standard InChI is InChI=1S/C17H22N2O2/c20-17(13-5-4-10-21-12-13)19-16-9-3-8-15(11-16)18-14-6-1-2-7-14/h3,8-9,11-12,14,18H,1-2,4-7,10H2,(H,19,20). The Bertz CT molecular complexity index is 533. The molecule has 1 aromatic rings. The van der Waals surface area contributed by atoms with Gasteiger partial charge < -0.3 is 15.4 Å². The van der Waals surface area contributed by atoms with E-state index in [0.717, 1.165) is 29.8 Å². The number of carbonyl (C=O) groups is 1. The van der Waals surface area contributed by atoms with Gasteiger partial charge in [-0.25, -0.2) is 0 Å². The molecule has 1 saturated carbocycles. The van der Waals surface area contributed by atoms with Crippen LogP contribution in [0.5, 0.6) is 0 Å². The first-order chi connectivity index (χ1) is 10.3. The van der Waals surface area contributed by atoms with E-state index in [4.69, 9.17) is 4.74 Å². The van der Waals surface area contributed by atoms with Gasteiger partial charge in [0.25, 0.3) is 5.91 Å². The highest BCUT2D eigenvalue weighted by atomic mass is 16.5. The number of nitrogens with one attached hydrogen (secondary N) is 2. The van der Waals surface area contributed by atoms with E-state index in [9.17, 15) is 4.79 Å². The number of hydrogen-bond acceptors (Lipinski definition) is 3. The zero-order valence-electron chi connectivity index (χ0n) is 12.2. The number of carbonyl (C=O) groups excluding carboxylic acids is 1. The van der Waals surface area contributed by atoms with Crippen molar-refractivity contribution >= 4 is 17.3 Å². The van der Waals surface area contributed by atoms with Gasteiger partial charge in [-0.05, 0) is 43.9 Å². The van der Waals surface area contributed by atoms with Crippen molar-refractivity contribution in [3.63, 3.8) is 0 Å². The third-order valence-electron chi connectivity index (χ3n) is 4.07. The quantitative estimate of drug-likeness (QED) is 0.888. The fourth-order valence-electron chi connectivity index (χ4n) is 2.94. The molecule has 1 amide bonds. The van der Waals surface area contributed by atoms with Gasteiger partial charge in [-0.3, -0.25) is 4.79 Å². The largest absolute Gasteiger partial charge is 0.501 e. The van der Waals surface area contributed by atoms with Crippen LogP contribution in [0.4, 0.5) is 11.4 Å². The molecule has 0 unspecified atom stereocenters. The van der Waals surface area contributed by atoms with E-state index in [-0.39, 0.29) is 5.91 Å². The van der Waals surface area contributed by atoms with Crippen LogP contribution in [0.25, 0.3) is 0 Å². The lowest BCUT2D eigenvalue weighted by molar-refractivity contribution is -0.113. The Balaban J connectivity index is 1.62. The minimum absolute atomic E-state index is 0.0623. The molecule has 1 aromatic carbocycles. The summed E-state index contributed by atoms with van der Waals surface area (Å²) in [4.78, 5) is 12.1. The summed E-state index contributed by atoms with van der Waals surface area (Å²) < 4.78 is 5.22. The molecule has 0 spiro atoms. The monoisotopic (exact) mass is 286 g/mol. The lowest BCUT2D eigenvalue weighted by Crippen LogP contribution is -2.18. The van der Waals surface area contributed by atoms with Gasteiger partial charge in [0.1, 0.15) is 0 Å². The average molecular weight is 286 g/mol. The number of ether oxygens (including phenoxy) is 1. The zero-order valence-corrected chi connectivity index (χ0v) is 12.2. The summed E-state index contributed by atoms with van der Waals surface area (Å²) in [6, 6.07) is 8.52. The molecule has 2 aliphatic rings. The predicted octanol–water partition coefficient (Wildman–Crippen LogP) is 3.67. The Hall–Kier alpha value is -1.97. The summed E-state index contributed by atoms with van der Waals surface area (Å²) in [5, 5.41) is 6.49. The average Bonchev–Trinajstić information content (AvgIpc) is 3.01. The molecule has 1 aliphatic carbocycles. The van der Waals surface area contributed by atoms with Crippen LogP contribution in [0.15, 0.2) is 36.1 Å². The van der Waals surface area contributed by atoms with Gasteiger partial charge in [0, 0.05) is 17.4 Å². The molecule has 0 radical (unpaired) electrons. The van der Waals surface area contributed by atoms with Crippen molar-refractivity contribution in [1.29, 1.82) is 0 Å². The summed E-state index contributed by atoms with van der Waals surface area (Å²) in [7, 11) is 0. The number of hydrogen-bond donors (Lipinski definition) is 2. The van der Waals surface area contributed by atoms with Crippen LogP contribution < -0.4 is 10.6 Å². The molecule has 1 fully saturated rings. The number of anilines is 2. The van der Waals surface area contributed by atoms with Gasteiger partial charge in [-0.1, -0.05) is 18.9 Å². The van der Waals surface area contributed by atoms with Crippen LogP contribution in [0.3, 0.4) is 0 Å². The first-order valence-corrected chi connectivity index (χ1v) is 7.80. The molecule has 1 aliphatic heterocycles. The van der Waals surface area contributed by atoms with Crippen molar-refractivity contribution in [2.24, 2.45) is 0 Å². The van der Waals surface area contributed by atoms with Crippen LogP contribution in [0.1, 0.15) is 38.5 Å². The van der Waals surface area contributed by atoms with Gasteiger partial charge in [-0.15, -0.1) is 0 Å². The van der Waals surface area contributed by atoms with Gasteiger partial charge in [-0.2, -0.15) is 0 Å². The van der Waals surface area contributed by atoms with E-state index in [1.54, 1.807) is 6.26 Å². The Labute approximate surface area is 125 Å². The molecule has 4 heteroatoms. The second-order valence-electron chi connectivity index (χ2n) is 5.78. The molecular weight excluding hydrogens is 264 g/mol. The topological polar surface area (TPSA) is 50.4 Å². The molecule has 21 heavy (non-hydrogen) atoms. The molecule has 1 heterocycles. The maximum Gasteiger partial charge on any atom is 0.254 e. The number of rotatable bonds is 4. The lowest BCUT2D eigenvalue weighted by Gasteiger charge is -2.16. The summed E-state index contributed by atoms with van der Waals surface area (Å²) >= 11 is 0. The van der Waals surface area contributed by atoms with Crippen LogP contribution >= 0.6 is 0 Å². The van der Waals surface area contributed by atoms with E-state index in [0.29, 0.717) is 12.6 Å². The molecule has 112 valence electrons. The van der Waals surface area contributed by atoms with Gasteiger partial charge in [0.2, 0.25) is 0 Å². The van der Waals surface area contributed by atoms with Crippen LogP contribution in [0.2, 0.25) is 0 Å². The second-order valence-corrected chi connectivity index (χ2v) is 5.78.